The zero-order valence-corrected chi connectivity index (χ0v) is 24.8. The first-order valence-corrected chi connectivity index (χ1v) is 14.9. The number of fused-ring (bicyclic) bond motifs is 3. The molecule has 40 heavy (non-hydrogen) atoms. The Morgan fingerprint density at radius 1 is 1.12 bits per heavy atom. The topological polar surface area (TPSA) is 162 Å². The highest BCUT2D eigenvalue weighted by Gasteiger charge is 2.46. The Kier molecular flexibility index (Phi) is 9.48. The van der Waals surface area contributed by atoms with Crippen LogP contribution in [0.1, 0.15) is 67.2 Å². The lowest BCUT2D eigenvalue weighted by Crippen LogP contribution is -2.57. The van der Waals surface area contributed by atoms with Gasteiger partial charge in [-0.05, 0) is 84.7 Å². The Bertz CT molecular complexity index is 1530. The number of carbonyl (C=O) groups is 2. The number of hydrogen-bond acceptors (Lipinski definition) is 7. The SMILES string of the molecule is CC(C)(C)OC(=O)C(C)(C)N(C[C@@H]1CCCN1)S(=O)(=O)c1ccc2[nH]c(=O)c3[nH]ccc3c2c1.CCCC(=O)O. The van der Waals surface area contributed by atoms with Gasteiger partial charge in [0.25, 0.3) is 5.56 Å². The third kappa shape index (κ3) is 7.10. The molecule has 0 saturated carbocycles. The van der Waals surface area contributed by atoms with Gasteiger partial charge in [0.1, 0.15) is 16.7 Å². The number of nitrogens with zero attached hydrogens (tertiary/aromatic N) is 1. The summed E-state index contributed by atoms with van der Waals surface area (Å²) in [5.74, 6) is -1.32. The third-order valence-electron chi connectivity index (χ3n) is 6.63. The second-order valence-electron chi connectivity index (χ2n) is 11.5. The first-order chi connectivity index (χ1) is 18.6. The Hall–Kier alpha value is -3.22. The summed E-state index contributed by atoms with van der Waals surface area (Å²) in [5.41, 5.74) is -1.57. The lowest BCUT2D eigenvalue weighted by atomic mass is 10.0. The molecule has 0 spiro atoms. The van der Waals surface area contributed by atoms with E-state index in [9.17, 15) is 22.8 Å². The number of aliphatic carboxylic acids is 1. The molecule has 12 heteroatoms. The number of carboxylic acid groups (broad SMARTS) is 1. The second kappa shape index (κ2) is 12.1. The van der Waals surface area contributed by atoms with E-state index in [1.54, 1.807) is 59.0 Å². The summed E-state index contributed by atoms with van der Waals surface area (Å²) < 4.78 is 34.9. The van der Waals surface area contributed by atoms with Crippen molar-refractivity contribution in [1.82, 2.24) is 19.6 Å². The fraction of sp³-hybridized carbons (Fsp3) is 0.536. The molecule has 0 bridgehead atoms. The molecule has 4 N–H and O–H groups in total. The highest BCUT2D eigenvalue weighted by molar-refractivity contribution is 7.89. The molecule has 11 nitrogen and oxygen atoms in total. The zero-order chi connectivity index (χ0) is 29.9. The van der Waals surface area contributed by atoms with Gasteiger partial charge in [-0.2, -0.15) is 4.31 Å². The maximum atomic E-state index is 14.0. The smallest absolute Gasteiger partial charge is 0.327 e. The Morgan fingerprint density at radius 2 is 1.82 bits per heavy atom. The molecule has 220 valence electrons. The molecule has 4 rings (SSSR count). The summed E-state index contributed by atoms with van der Waals surface area (Å²) in [6.45, 7) is 11.2. The summed E-state index contributed by atoms with van der Waals surface area (Å²) in [7, 11) is -4.11. The minimum Gasteiger partial charge on any atom is -0.481 e. The molecule has 0 unspecified atom stereocenters. The minimum atomic E-state index is -4.11. The predicted molar refractivity (Wildman–Crippen MR) is 154 cm³/mol. The van der Waals surface area contributed by atoms with Crippen LogP contribution in [0, 0.1) is 0 Å². The van der Waals surface area contributed by atoms with Crippen LogP contribution in [0.5, 0.6) is 0 Å². The molecule has 1 fully saturated rings. The number of esters is 1. The van der Waals surface area contributed by atoms with Crippen LogP contribution < -0.4 is 10.9 Å². The van der Waals surface area contributed by atoms with Crippen molar-refractivity contribution in [1.29, 1.82) is 0 Å². The fourth-order valence-corrected chi connectivity index (χ4v) is 6.38. The molecule has 0 aliphatic carbocycles. The van der Waals surface area contributed by atoms with Crippen molar-refractivity contribution in [2.45, 2.75) is 89.3 Å². The van der Waals surface area contributed by atoms with E-state index < -0.39 is 33.1 Å². The molecule has 1 atom stereocenters. The van der Waals surface area contributed by atoms with Crippen molar-refractivity contribution in [3.05, 3.63) is 40.8 Å². The van der Waals surface area contributed by atoms with Crippen LogP contribution in [0.4, 0.5) is 0 Å². The van der Waals surface area contributed by atoms with E-state index in [1.807, 2.05) is 6.92 Å². The molecule has 1 saturated heterocycles. The van der Waals surface area contributed by atoms with Gasteiger partial charge in [0.15, 0.2) is 0 Å². The van der Waals surface area contributed by atoms with E-state index in [2.05, 4.69) is 15.3 Å². The number of pyridine rings is 1. The maximum absolute atomic E-state index is 14.0. The van der Waals surface area contributed by atoms with Crippen molar-refractivity contribution in [2.24, 2.45) is 0 Å². The summed E-state index contributed by atoms with van der Waals surface area (Å²) in [5, 5.41) is 12.5. The number of aromatic nitrogens is 2. The minimum absolute atomic E-state index is 0.0455. The third-order valence-corrected chi connectivity index (χ3v) is 8.66. The molecule has 2 aromatic heterocycles. The van der Waals surface area contributed by atoms with Gasteiger partial charge in [0, 0.05) is 41.5 Å². The highest BCUT2D eigenvalue weighted by atomic mass is 32.2. The van der Waals surface area contributed by atoms with Gasteiger partial charge in [-0.1, -0.05) is 6.92 Å². The number of hydrogen-bond donors (Lipinski definition) is 4. The van der Waals surface area contributed by atoms with Gasteiger partial charge in [0.2, 0.25) is 10.0 Å². The quantitative estimate of drug-likeness (QED) is 0.295. The number of sulfonamides is 1. The number of aromatic amines is 2. The van der Waals surface area contributed by atoms with E-state index in [0.29, 0.717) is 28.2 Å². The van der Waals surface area contributed by atoms with E-state index in [1.165, 1.54) is 10.4 Å². The summed E-state index contributed by atoms with van der Waals surface area (Å²) in [4.78, 5) is 40.8. The number of benzene rings is 1. The molecule has 1 aliphatic heterocycles. The molecule has 1 aliphatic rings. The van der Waals surface area contributed by atoms with Gasteiger partial charge in [-0.15, -0.1) is 0 Å². The van der Waals surface area contributed by atoms with E-state index in [4.69, 9.17) is 9.84 Å². The molecule has 3 aromatic rings. The first kappa shape index (κ1) is 31.3. The van der Waals surface area contributed by atoms with Crippen LogP contribution in [0.3, 0.4) is 0 Å². The van der Waals surface area contributed by atoms with Gasteiger partial charge < -0.3 is 25.1 Å². The largest absolute Gasteiger partial charge is 0.481 e. The normalized spacial score (nSPS) is 16.2. The van der Waals surface area contributed by atoms with Crippen LogP contribution >= 0.6 is 0 Å². The predicted octanol–water partition coefficient (Wildman–Crippen LogP) is 3.74. The van der Waals surface area contributed by atoms with Crippen molar-refractivity contribution in [3.8, 4) is 0 Å². The second-order valence-corrected chi connectivity index (χ2v) is 13.3. The van der Waals surface area contributed by atoms with Gasteiger partial charge in [0.05, 0.1) is 4.90 Å². The van der Waals surface area contributed by atoms with Crippen LogP contribution in [0.15, 0.2) is 40.2 Å². The van der Waals surface area contributed by atoms with E-state index >= 15 is 0 Å². The average molecular weight is 577 g/mol. The molecule has 1 aromatic carbocycles. The zero-order valence-electron chi connectivity index (χ0n) is 24.0. The fourth-order valence-electron chi connectivity index (χ4n) is 4.57. The molecule has 3 heterocycles. The number of H-pyrrole nitrogens is 2. The van der Waals surface area contributed by atoms with Crippen molar-refractivity contribution in [2.75, 3.05) is 13.1 Å². The van der Waals surface area contributed by atoms with Crippen LogP contribution in [0.2, 0.25) is 0 Å². The Balaban J connectivity index is 0.000000663. The number of ether oxygens (including phenoxy) is 1. The molecular formula is C28H40N4O7S. The van der Waals surface area contributed by atoms with Crippen LogP contribution in [0.25, 0.3) is 21.8 Å². The van der Waals surface area contributed by atoms with Crippen molar-refractivity contribution < 1.29 is 27.9 Å². The summed E-state index contributed by atoms with van der Waals surface area (Å²) in [6, 6.07) is 6.28. The van der Waals surface area contributed by atoms with Gasteiger partial charge in [-0.25, -0.2) is 8.42 Å². The number of rotatable bonds is 8. The van der Waals surface area contributed by atoms with Crippen molar-refractivity contribution in [3.63, 3.8) is 0 Å². The number of carbonyl (C=O) groups excluding carboxylic acids is 1. The Morgan fingerprint density at radius 3 is 2.38 bits per heavy atom. The summed E-state index contributed by atoms with van der Waals surface area (Å²) >= 11 is 0. The van der Waals surface area contributed by atoms with E-state index in [0.717, 1.165) is 25.8 Å². The summed E-state index contributed by atoms with van der Waals surface area (Å²) in [6.07, 6.45) is 4.43. The number of nitrogens with one attached hydrogen (secondary N) is 3. The average Bonchev–Trinajstić information content (AvgIpc) is 3.54. The Labute approximate surface area is 234 Å². The van der Waals surface area contributed by atoms with Gasteiger partial charge >= 0.3 is 11.9 Å². The van der Waals surface area contributed by atoms with E-state index in [-0.39, 0.29) is 23.0 Å². The number of carboxylic acids is 1. The maximum Gasteiger partial charge on any atom is 0.327 e. The highest BCUT2D eigenvalue weighted by Crippen LogP contribution is 2.31. The molecule has 0 radical (unpaired) electrons. The van der Waals surface area contributed by atoms with Crippen LogP contribution in [-0.4, -0.2) is 70.0 Å². The van der Waals surface area contributed by atoms with Crippen molar-refractivity contribution >= 4 is 43.8 Å². The first-order valence-electron chi connectivity index (χ1n) is 13.4. The monoisotopic (exact) mass is 576 g/mol. The molecular weight excluding hydrogens is 536 g/mol. The molecule has 0 amide bonds. The lowest BCUT2D eigenvalue weighted by Gasteiger charge is -2.38. The van der Waals surface area contributed by atoms with Gasteiger partial charge in [-0.3, -0.25) is 14.4 Å². The van der Waals surface area contributed by atoms with Crippen LogP contribution in [-0.2, 0) is 24.3 Å². The lowest BCUT2D eigenvalue weighted by molar-refractivity contribution is -0.165. The standard InChI is InChI=1S/C24H32N4O5S.C4H8O2/c1-23(2,3)33-22(30)24(4,5)28(14-15-7-6-11-25-15)34(31,32)16-8-9-19-18(13-16)17-10-12-26-20(17)21(29)27-19;1-2-3-4(5)6/h8-10,12-13,15,25-26H,6-7,11,14H2,1-5H3,(H,27,29);2-3H2,1H3,(H,5,6)/t15-;/m0./s1.